The van der Waals surface area contributed by atoms with E-state index in [1.165, 1.54) is 11.1 Å². The van der Waals surface area contributed by atoms with Crippen LogP contribution >= 0.6 is 0 Å². The average Bonchev–Trinajstić information content (AvgIpc) is 3.19. The second-order valence-electron chi connectivity index (χ2n) is 7.38. The standard InChI is InChI=1S/C19H27N3O3/c1-14-9-17-18(10-15(14)2)22(13-20-17)12-16(23)11-21-5-3-19(4-6-21)24-7-8-25-19/h9-10,13,16,23H,3-8,11-12H2,1-2H3. The molecule has 6 nitrogen and oxygen atoms in total. The Morgan fingerprint density at radius 2 is 1.80 bits per heavy atom. The molecule has 1 unspecified atom stereocenters. The molecule has 1 aromatic heterocycles. The van der Waals surface area contributed by atoms with Crippen LogP contribution < -0.4 is 0 Å². The molecule has 2 saturated heterocycles. The van der Waals surface area contributed by atoms with Crippen molar-refractivity contribution in [3.8, 4) is 0 Å². The Morgan fingerprint density at radius 1 is 1.12 bits per heavy atom. The largest absolute Gasteiger partial charge is 0.390 e. The molecule has 2 aliphatic heterocycles. The molecule has 136 valence electrons. The highest BCUT2D eigenvalue weighted by molar-refractivity contribution is 5.77. The summed E-state index contributed by atoms with van der Waals surface area (Å²) in [5, 5.41) is 10.6. The van der Waals surface area contributed by atoms with Gasteiger partial charge < -0.3 is 24.0 Å². The van der Waals surface area contributed by atoms with E-state index in [2.05, 4.69) is 40.4 Å². The Morgan fingerprint density at radius 3 is 2.52 bits per heavy atom. The van der Waals surface area contributed by atoms with Crippen molar-refractivity contribution in [3.05, 3.63) is 29.6 Å². The molecule has 1 atom stereocenters. The molecule has 0 amide bonds. The lowest BCUT2D eigenvalue weighted by atomic mass is 10.0. The number of imidazole rings is 1. The zero-order chi connectivity index (χ0) is 17.4. The van der Waals surface area contributed by atoms with Gasteiger partial charge in [-0.1, -0.05) is 0 Å². The van der Waals surface area contributed by atoms with Crippen LogP contribution in [0.2, 0.25) is 0 Å². The van der Waals surface area contributed by atoms with Gasteiger partial charge in [0.1, 0.15) is 0 Å². The molecule has 2 fully saturated rings. The number of benzene rings is 1. The fourth-order valence-corrected chi connectivity index (χ4v) is 3.90. The normalized spacial score (nSPS) is 22.0. The molecule has 6 heteroatoms. The van der Waals surface area contributed by atoms with Gasteiger partial charge in [0.2, 0.25) is 0 Å². The molecule has 0 aliphatic carbocycles. The minimum absolute atomic E-state index is 0.350. The minimum atomic E-state index is -0.418. The van der Waals surface area contributed by atoms with E-state index in [1.54, 1.807) is 0 Å². The number of ether oxygens (including phenoxy) is 2. The highest BCUT2D eigenvalue weighted by Gasteiger charge is 2.39. The molecular weight excluding hydrogens is 318 g/mol. The van der Waals surface area contributed by atoms with Crippen molar-refractivity contribution in [2.75, 3.05) is 32.8 Å². The van der Waals surface area contributed by atoms with Crippen LogP contribution in [0, 0.1) is 13.8 Å². The highest BCUT2D eigenvalue weighted by Crippen LogP contribution is 2.31. The van der Waals surface area contributed by atoms with Crippen LogP contribution in [0.1, 0.15) is 24.0 Å². The highest BCUT2D eigenvalue weighted by atomic mass is 16.7. The number of hydrogen-bond acceptors (Lipinski definition) is 5. The molecule has 1 aromatic carbocycles. The predicted molar refractivity (Wildman–Crippen MR) is 95.5 cm³/mol. The van der Waals surface area contributed by atoms with Gasteiger partial charge in [-0.3, -0.25) is 0 Å². The van der Waals surface area contributed by atoms with E-state index in [9.17, 15) is 5.11 Å². The molecule has 25 heavy (non-hydrogen) atoms. The Labute approximate surface area is 148 Å². The summed E-state index contributed by atoms with van der Waals surface area (Å²) in [5.74, 6) is -0.350. The van der Waals surface area contributed by atoms with E-state index < -0.39 is 6.10 Å². The predicted octanol–water partition coefficient (Wildman–Crippen LogP) is 1.85. The van der Waals surface area contributed by atoms with Crippen molar-refractivity contribution >= 4 is 11.0 Å². The van der Waals surface area contributed by atoms with Gasteiger partial charge in [-0.15, -0.1) is 0 Å². The summed E-state index contributed by atoms with van der Waals surface area (Å²) in [6.07, 6.45) is 3.18. The number of hydrogen-bond donors (Lipinski definition) is 1. The van der Waals surface area contributed by atoms with Crippen LogP contribution in [0.15, 0.2) is 18.5 Å². The number of β-amino-alcohol motifs (C(OH)–C–C–N with tert-alkyl or cyclic N) is 1. The van der Waals surface area contributed by atoms with Crippen molar-refractivity contribution in [1.82, 2.24) is 14.5 Å². The second-order valence-corrected chi connectivity index (χ2v) is 7.38. The summed E-state index contributed by atoms with van der Waals surface area (Å²) in [4.78, 5) is 6.77. The van der Waals surface area contributed by atoms with Crippen LogP contribution in [-0.4, -0.2) is 64.3 Å². The molecule has 3 heterocycles. The number of aryl methyl sites for hydroxylation is 2. The quantitative estimate of drug-likeness (QED) is 0.916. The Bertz CT molecular complexity index is 742. The number of aliphatic hydroxyl groups excluding tert-OH is 1. The third-order valence-corrected chi connectivity index (χ3v) is 5.54. The van der Waals surface area contributed by atoms with Gasteiger partial charge >= 0.3 is 0 Å². The molecule has 2 aromatic rings. The number of fused-ring (bicyclic) bond motifs is 1. The molecule has 1 spiro atoms. The molecule has 0 radical (unpaired) electrons. The van der Waals surface area contributed by atoms with Gasteiger partial charge in [0.05, 0.1) is 43.2 Å². The Balaban J connectivity index is 1.36. The van der Waals surface area contributed by atoms with E-state index in [1.807, 2.05) is 6.33 Å². The third kappa shape index (κ3) is 3.44. The lowest BCUT2D eigenvalue weighted by Gasteiger charge is -2.38. The van der Waals surface area contributed by atoms with Crippen molar-refractivity contribution in [1.29, 1.82) is 0 Å². The van der Waals surface area contributed by atoms with Crippen LogP contribution in [0.3, 0.4) is 0 Å². The first-order valence-corrected chi connectivity index (χ1v) is 9.15. The van der Waals surface area contributed by atoms with Crippen LogP contribution in [0.25, 0.3) is 11.0 Å². The number of piperidine rings is 1. The van der Waals surface area contributed by atoms with Gasteiger partial charge in [0.25, 0.3) is 0 Å². The first-order valence-electron chi connectivity index (χ1n) is 9.15. The summed E-state index contributed by atoms with van der Waals surface area (Å²) >= 11 is 0. The molecule has 2 aliphatic rings. The van der Waals surface area contributed by atoms with Crippen LogP contribution in [0.4, 0.5) is 0 Å². The zero-order valence-electron chi connectivity index (χ0n) is 15.1. The van der Waals surface area contributed by atoms with Crippen LogP contribution in [-0.2, 0) is 16.0 Å². The number of nitrogens with zero attached hydrogens (tertiary/aromatic N) is 3. The first kappa shape index (κ1) is 17.0. The van der Waals surface area contributed by atoms with Crippen molar-refractivity contribution in [3.63, 3.8) is 0 Å². The summed E-state index contributed by atoms with van der Waals surface area (Å²) in [5.41, 5.74) is 4.58. The van der Waals surface area contributed by atoms with Gasteiger partial charge in [0, 0.05) is 32.5 Å². The maximum absolute atomic E-state index is 10.6. The fraction of sp³-hybridized carbons (Fsp3) is 0.632. The molecule has 1 N–H and O–H groups in total. The van der Waals surface area contributed by atoms with E-state index >= 15 is 0 Å². The smallest absolute Gasteiger partial charge is 0.170 e. The second kappa shape index (κ2) is 6.68. The molecule has 0 saturated carbocycles. The van der Waals surface area contributed by atoms with Crippen molar-refractivity contribution in [2.24, 2.45) is 0 Å². The lowest BCUT2D eigenvalue weighted by molar-refractivity contribution is -0.186. The fourth-order valence-electron chi connectivity index (χ4n) is 3.90. The van der Waals surface area contributed by atoms with E-state index in [0.717, 1.165) is 37.0 Å². The van der Waals surface area contributed by atoms with E-state index in [0.29, 0.717) is 26.3 Å². The maximum Gasteiger partial charge on any atom is 0.170 e. The number of likely N-dealkylation sites (tertiary alicyclic amines) is 1. The van der Waals surface area contributed by atoms with Crippen LogP contribution in [0.5, 0.6) is 0 Å². The van der Waals surface area contributed by atoms with Crippen molar-refractivity contribution in [2.45, 2.75) is 45.1 Å². The zero-order valence-corrected chi connectivity index (χ0v) is 15.1. The van der Waals surface area contributed by atoms with Gasteiger partial charge in [-0.05, 0) is 37.1 Å². The third-order valence-electron chi connectivity index (χ3n) is 5.54. The molecule has 4 rings (SSSR count). The summed E-state index contributed by atoms with van der Waals surface area (Å²) in [7, 11) is 0. The topological polar surface area (TPSA) is 59.8 Å². The lowest BCUT2D eigenvalue weighted by Crippen LogP contribution is -2.47. The number of rotatable bonds is 4. The van der Waals surface area contributed by atoms with Gasteiger partial charge in [-0.2, -0.15) is 0 Å². The summed E-state index contributed by atoms with van der Waals surface area (Å²) in [6, 6.07) is 4.27. The summed E-state index contributed by atoms with van der Waals surface area (Å²) in [6.45, 7) is 8.65. The molecular formula is C19H27N3O3. The van der Waals surface area contributed by atoms with Gasteiger partial charge in [0.15, 0.2) is 5.79 Å². The average molecular weight is 345 g/mol. The Kier molecular flexibility index (Phi) is 4.54. The number of aromatic nitrogens is 2. The van der Waals surface area contributed by atoms with Gasteiger partial charge in [-0.25, -0.2) is 4.98 Å². The first-order chi connectivity index (χ1) is 12.0. The monoisotopic (exact) mass is 345 g/mol. The van der Waals surface area contributed by atoms with Crippen molar-refractivity contribution < 1.29 is 14.6 Å². The SMILES string of the molecule is Cc1cc2ncn(CC(O)CN3CCC4(CC3)OCCO4)c2cc1C. The number of aliphatic hydroxyl groups is 1. The molecule has 0 bridgehead atoms. The van der Waals surface area contributed by atoms with E-state index in [-0.39, 0.29) is 5.79 Å². The summed E-state index contributed by atoms with van der Waals surface area (Å²) < 4.78 is 13.6. The minimum Gasteiger partial charge on any atom is -0.390 e. The van der Waals surface area contributed by atoms with E-state index in [4.69, 9.17) is 9.47 Å². The maximum atomic E-state index is 10.6. The Hall–Kier alpha value is -1.47.